The average Bonchev–Trinajstić information content (AvgIpc) is 2.87. The van der Waals surface area contributed by atoms with Crippen molar-refractivity contribution in [2.45, 2.75) is 26.1 Å². The molecule has 1 heterocycles. The summed E-state index contributed by atoms with van der Waals surface area (Å²) in [6, 6.07) is 13.4. The van der Waals surface area contributed by atoms with E-state index in [9.17, 15) is 13.2 Å². The van der Waals surface area contributed by atoms with E-state index in [1.807, 2.05) is 24.3 Å². The lowest BCUT2D eigenvalue weighted by Crippen LogP contribution is -2.30. The number of halogens is 3. The first kappa shape index (κ1) is 18.9. The van der Waals surface area contributed by atoms with Gasteiger partial charge >= 0.3 is 6.18 Å². The van der Waals surface area contributed by atoms with E-state index in [4.69, 9.17) is 0 Å². The standard InChI is InChI=1S/C21H25F3N2/c1-2-25-11-4-12-26(14-13-25)16-17-7-9-18(10-8-17)19-5-3-6-20(15-19)21(22,23)24/h3,5-10,15H,2,4,11-14,16H2,1H3. The third-order valence-electron chi connectivity index (χ3n) is 5.01. The van der Waals surface area contributed by atoms with Crippen LogP contribution < -0.4 is 0 Å². The number of alkyl halides is 3. The maximum absolute atomic E-state index is 12.9. The maximum Gasteiger partial charge on any atom is 0.416 e. The van der Waals surface area contributed by atoms with Crippen LogP contribution in [0.25, 0.3) is 11.1 Å². The number of rotatable bonds is 4. The van der Waals surface area contributed by atoms with Gasteiger partial charge in [-0.2, -0.15) is 13.2 Å². The van der Waals surface area contributed by atoms with Gasteiger partial charge in [-0.25, -0.2) is 0 Å². The zero-order valence-corrected chi connectivity index (χ0v) is 15.1. The Bertz CT molecular complexity index is 710. The van der Waals surface area contributed by atoms with Crippen LogP contribution in [0.2, 0.25) is 0 Å². The van der Waals surface area contributed by atoms with Crippen molar-refractivity contribution in [3.63, 3.8) is 0 Å². The first-order valence-electron chi connectivity index (χ1n) is 9.17. The van der Waals surface area contributed by atoms with Gasteiger partial charge in [0.25, 0.3) is 0 Å². The monoisotopic (exact) mass is 362 g/mol. The molecular formula is C21H25F3N2. The van der Waals surface area contributed by atoms with Gasteiger partial charge in [0, 0.05) is 19.6 Å². The second-order valence-electron chi connectivity index (χ2n) is 6.84. The lowest BCUT2D eigenvalue weighted by molar-refractivity contribution is -0.137. The third kappa shape index (κ3) is 4.86. The molecule has 1 aliphatic rings. The molecule has 0 amide bonds. The van der Waals surface area contributed by atoms with Gasteiger partial charge in [0.15, 0.2) is 0 Å². The summed E-state index contributed by atoms with van der Waals surface area (Å²) in [6.07, 6.45) is -3.13. The van der Waals surface area contributed by atoms with Crippen molar-refractivity contribution in [3.05, 3.63) is 59.7 Å². The molecule has 1 saturated heterocycles. The topological polar surface area (TPSA) is 6.48 Å². The van der Waals surface area contributed by atoms with Crippen molar-refractivity contribution in [2.24, 2.45) is 0 Å². The van der Waals surface area contributed by atoms with Gasteiger partial charge in [0.05, 0.1) is 5.56 Å². The summed E-state index contributed by atoms with van der Waals surface area (Å²) >= 11 is 0. The van der Waals surface area contributed by atoms with Crippen molar-refractivity contribution < 1.29 is 13.2 Å². The van der Waals surface area contributed by atoms with Crippen LogP contribution in [0.4, 0.5) is 13.2 Å². The molecule has 2 aromatic rings. The fourth-order valence-corrected chi connectivity index (χ4v) is 3.43. The van der Waals surface area contributed by atoms with Crippen LogP contribution in [0.1, 0.15) is 24.5 Å². The Morgan fingerprint density at radius 1 is 0.846 bits per heavy atom. The smallest absolute Gasteiger partial charge is 0.302 e. The van der Waals surface area contributed by atoms with Crippen LogP contribution in [0.15, 0.2) is 48.5 Å². The third-order valence-corrected chi connectivity index (χ3v) is 5.01. The fraction of sp³-hybridized carbons (Fsp3) is 0.429. The Kier molecular flexibility index (Phi) is 5.99. The molecule has 0 spiro atoms. The highest BCUT2D eigenvalue weighted by Gasteiger charge is 2.30. The van der Waals surface area contributed by atoms with Gasteiger partial charge in [-0.1, -0.05) is 43.3 Å². The minimum absolute atomic E-state index is 0.597. The highest BCUT2D eigenvalue weighted by Crippen LogP contribution is 2.32. The van der Waals surface area contributed by atoms with E-state index in [2.05, 4.69) is 16.7 Å². The normalized spacial score (nSPS) is 17.2. The zero-order valence-electron chi connectivity index (χ0n) is 15.1. The summed E-state index contributed by atoms with van der Waals surface area (Å²) < 4.78 is 38.7. The van der Waals surface area contributed by atoms with E-state index in [1.165, 1.54) is 24.1 Å². The van der Waals surface area contributed by atoms with Crippen LogP contribution in [0.5, 0.6) is 0 Å². The highest BCUT2D eigenvalue weighted by atomic mass is 19.4. The lowest BCUT2D eigenvalue weighted by Gasteiger charge is -2.21. The number of hydrogen-bond acceptors (Lipinski definition) is 2. The van der Waals surface area contributed by atoms with Crippen LogP contribution in [0, 0.1) is 0 Å². The van der Waals surface area contributed by atoms with E-state index in [0.29, 0.717) is 5.56 Å². The van der Waals surface area contributed by atoms with Gasteiger partial charge in [-0.15, -0.1) is 0 Å². The Balaban J connectivity index is 1.67. The molecule has 0 N–H and O–H groups in total. The van der Waals surface area contributed by atoms with Gasteiger partial charge < -0.3 is 4.90 Å². The van der Waals surface area contributed by atoms with E-state index >= 15 is 0 Å². The lowest BCUT2D eigenvalue weighted by atomic mass is 10.0. The SMILES string of the molecule is CCN1CCCN(Cc2ccc(-c3cccc(C(F)(F)F)c3)cc2)CC1. The Morgan fingerprint density at radius 3 is 2.23 bits per heavy atom. The average molecular weight is 362 g/mol. The van der Waals surface area contributed by atoms with E-state index in [1.54, 1.807) is 6.07 Å². The largest absolute Gasteiger partial charge is 0.416 e. The minimum atomic E-state index is -4.31. The molecule has 0 bridgehead atoms. The molecule has 140 valence electrons. The molecular weight excluding hydrogens is 337 g/mol. The molecule has 0 aliphatic carbocycles. The zero-order chi connectivity index (χ0) is 18.6. The van der Waals surface area contributed by atoms with Gasteiger partial charge in [0.1, 0.15) is 0 Å². The number of benzene rings is 2. The van der Waals surface area contributed by atoms with Crippen LogP contribution in [0.3, 0.4) is 0 Å². The second kappa shape index (κ2) is 8.23. The number of nitrogens with zero attached hydrogens (tertiary/aromatic N) is 2. The van der Waals surface area contributed by atoms with Gasteiger partial charge in [-0.3, -0.25) is 4.90 Å². The molecule has 0 saturated carbocycles. The van der Waals surface area contributed by atoms with E-state index in [0.717, 1.165) is 50.9 Å². The second-order valence-corrected chi connectivity index (χ2v) is 6.84. The Morgan fingerprint density at radius 2 is 1.54 bits per heavy atom. The molecule has 1 aliphatic heterocycles. The van der Waals surface area contributed by atoms with Crippen molar-refractivity contribution in [1.29, 1.82) is 0 Å². The predicted octanol–water partition coefficient (Wildman–Crippen LogP) is 4.90. The molecule has 5 heteroatoms. The molecule has 2 nitrogen and oxygen atoms in total. The molecule has 2 aromatic carbocycles. The van der Waals surface area contributed by atoms with Crippen molar-refractivity contribution in [3.8, 4) is 11.1 Å². The first-order chi connectivity index (χ1) is 12.5. The highest BCUT2D eigenvalue weighted by molar-refractivity contribution is 5.64. The number of likely N-dealkylation sites (N-methyl/N-ethyl adjacent to an activating group) is 1. The number of hydrogen-bond donors (Lipinski definition) is 0. The maximum atomic E-state index is 12.9. The molecule has 1 fully saturated rings. The molecule has 26 heavy (non-hydrogen) atoms. The van der Waals surface area contributed by atoms with E-state index in [-0.39, 0.29) is 0 Å². The predicted molar refractivity (Wildman–Crippen MR) is 98.9 cm³/mol. The molecule has 0 aromatic heterocycles. The van der Waals surface area contributed by atoms with E-state index < -0.39 is 11.7 Å². The summed E-state index contributed by atoms with van der Waals surface area (Å²) in [6.45, 7) is 8.58. The fourth-order valence-electron chi connectivity index (χ4n) is 3.43. The van der Waals surface area contributed by atoms with Crippen molar-refractivity contribution in [2.75, 3.05) is 32.7 Å². The summed E-state index contributed by atoms with van der Waals surface area (Å²) in [5, 5.41) is 0. The van der Waals surface area contributed by atoms with Crippen molar-refractivity contribution in [1.82, 2.24) is 9.80 Å². The molecule has 0 radical (unpaired) electrons. The minimum Gasteiger partial charge on any atom is -0.302 e. The Hall–Kier alpha value is -1.85. The summed E-state index contributed by atoms with van der Waals surface area (Å²) in [4.78, 5) is 4.92. The Labute approximate surface area is 153 Å². The summed E-state index contributed by atoms with van der Waals surface area (Å²) in [5.41, 5.74) is 2.00. The summed E-state index contributed by atoms with van der Waals surface area (Å²) in [5.74, 6) is 0. The van der Waals surface area contributed by atoms with Gasteiger partial charge in [-0.05, 0) is 54.9 Å². The molecule has 3 rings (SSSR count). The molecule has 0 atom stereocenters. The quantitative estimate of drug-likeness (QED) is 0.763. The van der Waals surface area contributed by atoms with Crippen LogP contribution in [-0.2, 0) is 12.7 Å². The van der Waals surface area contributed by atoms with Crippen LogP contribution in [-0.4, -0.2) is 42.5 Å². The summed E-state index contributed by atoms with van der Waals surface area (Å²) in [7, 11) is 0. The van der Waals surface area contributed by atoms with Crippen LogP contribution >= 0.6 is 0 Å². The van der Waals surface area contributed by atoms with Crippen molar-refractivity contribution >= 4 is 0 Å². The molecule has 0 unspecified atom stereocenters. The first-order valence-corrected chi connectivity index (χ1v) is 9.17. The van der Waals surface area contributed by atoms with Gasteiger partial charge in [0.2, 0.25) is 0 Å².